The third-order valence-electron chi connectivity index (χ3n) is 2.22. The van der Waals surface area contributed by atoms with Crippen LogP contribution in [0.1, 0.15) is 19.0 Å². The second kappa shape index (κ2) is 4.58. The van der Waals surface area contributed by atoms with Crippen LogP contribution in [0.3, 0.4) is 0 Å². The summed E-state index contributed by atoms with van der Waals surface area (Å²) in [5, 5.41) is 0. The van der Waals surface area contributed by atoms with Gasteiger partial charge in [0.15, 0.2) is 0 Å². The number of aryl methyl sites for hydroxylation is 1. The normalized spacial score (nSPS) is 10.4. The number of hydrogen-bond acceptors (Lipinski definition) is 1. The first-order chi connectivity index (χ1) is 6.92. The first-order valence-corrected chi connectivity index (χ1v) is 6.66. The molecular formula is C12H13NSe. The van der Waals surface area contributed by atoms with Crippen LogP contribution in [0.25, 0.3) is 11.1 Å². The van der Waals surface area contributed by atoms with E-state index < -0.39 is 0 Å². The molecule has 0 aliphatic rings. The Hall–Kier alpha value is -0.851. The van der Waals surface area contributed by atoms with Gasteiger partial charge in [-0.25, -0.2) is 0 Å². The molecule has 72 valence electrons. The van der Waals surface area contributed by atoms with E-state index in [1.54, 1.807) is 0 Å². The molecule has 0 aliphatic heterocycles. The van der Waals surface area contributed by atoms with E-state index in [2.05, 4.69) is 46.2 Å². The van der Waals surface area contributed by atoms with Crippen molar-refractivity contribution >= 4 is 14.7 Å². The van der Waals surface area contributed by atoms with Gasteiger partial charge in [-0.05, 0) is 0 Å². The topological polar surface area (TPSA) is 12.9 Å². The van der Waals surface area contributed by atoms with Gasteiger partial charge in [-0.1, -0.05) is 0 Å². The molecule has 0 saturated heterocycles. The maximum atomic E-state index is 4.57. The van der Waals surface area contributed by atoms with Crippen molar-refractivity contribution < 1.29 is 0 Å². The van der Waals surface area contributed by atoms with Gasteiger partial charge in [0, 0.05) is 0 Å². The summed E-state index contributed by atoms with van der Waals surface area (Å²) in [6.07, 6.45) is 2.29. The zero-order chi connectivity index (χ0) is 9.80. The molecule has 0 radical (unpaired) electrons. The molecule has 0 bridgehead atoms. The summed E-state index contributed by atoms with van der Waals surface area (Å²) in [6.45, 7) is 2.20. The summed E-state index contributed by atoms with van der Waals surface area (Å²) in [6, 6.07) is 10.6. The van der Waals surface area contributed by atoms with E-state index in [-0.39, 0.29) is 0 Å². The molecule has 2 rings (SSSR count). The molecule has 0 N–H and O–H groups in total. The van der Waals surface area contributed by atoms with Gasteiger partial charge in [-0.15, -0.1) is 0 Å². The van der Waals surface area contributed by atoms with Crippen molar-refractivity contribution in [2.24, 2.45) is 0 Å². The third-order valence-corrected chi connectivity index (χ3v) is 3.62. The van der Waals surface area contributed by atoms with Crippen molar-refractivity contribution in [2.45, 2.75) is 19.8 Å². The molecule has 0 aliphatic carbocycles. The van der Waals surface area contributed by atoms with Gasteiger partial charge in [0.05, 0.1) is 0 Å². The first-order valence-electron chi connectivity index (χ1n) is 4.90. The molecule has 1 nitrogen and oxygen atoms in total. The summed E-state index contributed by atoms with van der Waals surface area (Å²) >= 11 is 0.343. The number of aromatic nitrogens is 1. The molecule has 0 spiro atoms. The Bertz CT molecular complexity index is 392. The molecule has 0 fully saturated rings. The fourth-order valence-corrected chi connectivity index (χ4v) is 3.10. The molecule has 14 heavy (non-hydrogen) atoms. The second-order valence-electron chi connectivity index (χ2n) is 3.29. The Morgan fingerprint density at radius 2 is 2.00 bits per heavy atom. The van der Waals surface area contributed by atoms with Crippen LogP contribution in [0.2, 0.25) is 0 Å². The SMILES string of the molecule is CCCc1n[se]cc1-c1ccccc1. The molecule has 1 aromatic carbocycles. The van der Waals surface area contributed by atoms with Crippen LogP contribution in [0.5, 0.6) is 0 Å². The van der Waals surface area contributed by atoms with Crippen LogP contribution in [-0.4, -0.2) is 18.7 Å². The summed E-state index contributed by atoms with van der Waals surface area (Å²) in [5.41, 5.74) is 3.99. The predicted octanol–water partition coefficient (Wildman–Crippen LogP) is 2.76. The summed E-state index contributed by atoms with van der Waals surface area (Å²) < 4.78 is 4.57. The summed E-state index contributed by atoms with van der Waals surface area (Å²) in [7, 11) is 0. The third kappa shape index (κ3) is 1.97. The number of rotatable bonds is 3. The Morgan fingerprint density at radius 3 is 2.71 bits per heavy atom. The molecule has 2 aromatic rings. The average molecular weight is 250 g/mol. The Balaban J connectivity index is 2.37. The molecule has 0 amide bonds. The Morgan fingerprint density at radius 1 is 1.21 bits per heavy atom. The van der Waals surface area contributed by atoms with Gasteiger partial charge in [0.2, 0.25) is 0 Å². The molecule has 0 atom stereocenters. The average Bonchev–Trinajstić information content (AvgIpc) is 2.68. The van der Waals surface area contributed by atoms with Crippen molar-refractivity contribution in [1.82, 2.24) is 3.98 Å². The second-order valence-corrected chi connectivity index (χ2v) is 4.61. The van der Waals surface area contributed by atoms with Gasteiger partial charge < -0.3 is 0 Å². The number of hydrogen-bond donors (Lipinski definition) is 0. The van der Waals surface area contributed by atoms with E-state index in [9.17, 15) is 0 Å². The van der Waals surface area contributed by atoms with Gasteiger partial charge in [-0.3, -0.25) is 0 Å². The van der Waals surface area contributed by atoms with Gasteiger partial charge in [-0.2, -0.15) is 0 Å². The molecule has 1 heterocycles. The molecular weight excluding hydrogens is 237 g/mol. The van der Waals surface area contributed by atoms with E-state index in [0.717, 1.165) is 6.42 Å². The number of nitrogens with zero attached hydrogens (tertiary/aromatic N) is 1. The van der Waals surface area contributed by atoms with Crippen molar-refractivity contribution in [2.75, 3.05) is 0 Å². The predicted molar refractivity (Wildman–Crippen MR) is 60.6 cm³/mol. The fraction of sp³-hybridized carbons (Fsp3) is 0.250. The van der Waals surface area contributed by atoms with E-state index in [4.69, 9.17) is 0 Å². The van der Waals surface area contributed by atoms with E-state index in [1.807, 2.05) is 0 Å². The van der Waals surface area contributed by atoms with Crippen LogP contribution in [0.15, 0.2) is 35.3 Å². The van der Waals surface area contributed by atoms with E-state index in [1.165, 1.54) is 23.2 Å². The minimum atomic E-state index is 0.343. The molecule has 0 saturated carbocycles. The summed E-state index contributed by atoms with van der Waals surface area (Å²) in [4.78, 5) is 2.29. The van der Waals surface area contributed by atoms with E-state index >= 15 is 0 Å². The monoisotopic (exact) mass is 251 g/mol. The zero-order valence-electron chi connectivity index (χ0n) is 8.23. The quantitative estimate of drug-likeness (QED) is 0.763. The molecule has 0 unspecified atom stereocenters. The fourth-order valence-electron chi connectivity index (χ4n) is 1.53. The first kappa shape index (κ1) is 9.69. The van der Waals surface area contributed by atoms with Crippen LogP contribution in [0.4, 0.5) is 0 Å². The van der Waals surface area contributed by atoms with Crippen molar-refractivity contribution in [3.05, 3.63) is 41.0 Å². The van der Waals surface area contributed by atoms with Gasteiger partial charge in [0.1, 0.15) is 0 Å². The van der Waals surface area contributed by atoms with Crippen LogP contribution < -0.4 is 0 Å². The Labute approximate surface area is 90.8 Å². The van der Waals surface area contributed by atoms with Crippen molar-refractivity contribution in [1.29, 1.82) is 0 Å². The van der Waals surface area contributed by atoms with Gasteiger partial charge >= 0.3 is 90.6 Å². The van der Waals surface area contributed by atoms with Crippen LogP contribution in [0, 0.1) is 0 Å². The minimum absolute atomic E-state index is 0.343. The van der Waals surface area contributed by atoms with E-state index in [0.29, 0.717) is 14.7 Å². The maximum absolute atomic E-state index is 4.57. The van der Waals surface area contributed by atoms with Crippen molar-refractivity contribution in [3.8, 4) is 11.1 Å². The number of benzene rings is 1. The zero-order valence-corrected chi connectivity index (χ0v) is 9.95. The summed E-state index contributed by atoms with van der Waals surface area (Å²) in [5.74, 6) is 0. The standard InChI is InChI=1S/C12H13NSe/c1-2-6-12-11(9-14-13-12)10-7-4-3-5-8-10/h3-5,7-9H,2,6H2,1H3. The van der Waals surface area contributed by atoms with Crippen LogP contribution >= 0.6 is 0 Å². The van der Waals surface area contributed by atoms with Crippen molar-refractivity contribution in [3.63, 3.8) is 0 Å². The Kier molecular flexibility index (Phi) is 3.18. The van der Waals surface area contributed by atoms with Crippen LogP contribution in [-0.2, 0) is 6.42 Å². The molecule has 2 heteroatoms. The van der Waals surface area contributed by atoms with Gasteiger partial charge in [0.25, 0.3) is 0 Å². The molecule has 1 aromatic heterocycles.